The minimum Gasteiger partial charge on any atom is -0.490 e. The highest BCUT2D eigenvalue weighted by molar-refractivity contribution is 5.89. The molecule has 0 atom stereocenters. The fourth-order valence-corrected chi connectivity index (χ4v) is 1.98. The van der Waals surface area contributed by atoms with Gasteiger partial charge in [0.25, 0.3) is 0 Å². The van der Waals surface area contributed by atoms with Crippen LogP contribution in [0, 0.1) is 0 Å². The second-order valence-corrected chi connectivity index (χ2v) is 5.48. The Morgan fingerprint density at radius 2 is 1.89 bits per heavy atom. The third-order valence-electron chi connectivity index (χ3n) is 3.04. The summed E-state index contributed by atoms with van der Waals surface area (Å²) in [6.45, 7) is 6.19. The maximum Gasteiger partial charge on any atom is 0.127 e. The molecule has 0 fully saturated rings. The van der Waals surface area contributed by atoms with Crippen LogP contribution in [0.25, 0.3) is 10.8 Å². The summed E-state index contributed by atoms with van der Waals surface area (Å²) < 4.78 is 17.7. The molecule has 0 aliphatic rings. The molecule has 0 aliphatic heterocycles. The van der Waals surface area contributed by atoms with E-state index >= 15 is 0 Å². The maximum absolute atomic E-state index is 12.2. The summed E-state index contributed by atoms with van der Waals surface area (Å²) in [5, 5.41) is 2.18. The highest BCUT2D eigenvalue weighted by Crippen LogP contribution is 2.31. The topological polar surface area (TPSA) is 9.23 Å². The van der Waals surface area contributed by atoms with Gasteiger partial charge < -0.3 is 4.74 Å². The van der Waals surface area contributed by atoms with Gasteiger partial charge in [-0.1, -0.05) is 45.0 Å². The van der Waals surface area contributed by atoms with Crippen molar-refractivity contribution in [2.24, 2.45) is 0 Å². The third kappa shape index (κ3) is 2.63. The van der Waals surface area contributed by atoms with E-state index in [0.29, 0.717) is 0 Å². The van der Waals surface area contributed by atoms with Crippen LogP contribution in [0.3, 0.4) is 0 Å². The molecule has 0 spiro atoms. The Morgan fingerprint density at radius 3 is 2.56 bits per heavy atom. The average Bonchev–Trinajstić information content (AvgIpc) is 2.34. The summed E-state index contributed by atoms with van der Waals surface area (Å²) in [7, 11) is 0. The maximum atomic E-state index is 12.2. The van der Waals surface area contributed by atoms with Crippen LogP contribution in [0.1, 0.15) is 26.3 Å². The summed E-state index contributed by atoms with van der Waals surface area (Å²) in [5.41, 5.74) is 1.35. The first kappa shape index (κ1) is 12.9. The van der Waals surface area contributed by atoms with Crippen molar-refractivity contribution in [3.63, 3.8) is 0 Å². The van der Waals surface area contributed by atoms with Crippen LogP contribution < -0.4 is 4.74 Å². The Bertz CT molecular complexity index is 540. The van der Waals surface area contributed by atoms with Crippen molar-refractivity contribution in [3.05, 3.63) is 42.0 Å². The Labute approximate surface area is 108 Å². The molecule has 2 heteroatoms. The fourth-order valence-electron chi connectivity index (χ4n) is 1.98. The first-order chi connectivity index (χ1) is 8.52. The van der Waals surface area contributed by atoms with Crippen molar-refractivity contribution in [1.29, 1.82) is 0 Å². The van der Waals surface area contributed by atoms with Crippen molar-refractivity contribution in [2.45, 2.75) is 26.2 Å². The zero-order chi connectivity index (χ0) is 13.2. The van der Waals surface area contributed by atoms with Gasteiger partial charge in [0.15, 0.2) is 0 Å². The zero-order valence-corrected chi connectivity index (χ0v) is 11.2. The summed E-state index contributed by atoms with van der Waals surface area (Å²) in [4.78, 5) is 0. The van der Waals surface area contributed by atoms with Gasteiger partial charge in [-0.15, -0.1) is 0 Å². The molecule has 2 rings (SSSR count). The van der Waals surface area contributed by atoms with Crippen LogP contribution in [0.15, 0.2) is 36.4 Å². The minimum absolute atomic E-state index is 0.0986. The second kappa shape index (κ2) is 4.97. The molecule has 0 heterocycles. The van der Waals surface area contributed by atoms with Gasteiger partial charge >= 0.3 is 0 Å². The van der Waals surface area contributed by atoms with Crippen LogP contribution in [0.2, 0.25) is 0 Å². The Balaban J connectivity index is 2.51. The van der Waals surface area contributed by atoms with E-state index in [1.807, 2.05) is 18.2 Å². The van der Waals surface area contributed by atoms with E-state index in [4.69, 9.17) is 4.74 Å². The van der Waals surface area contributed by atoms with Crippen LogP contribution in [-0.2, 0) is 5.41 Å². The monoisotopic (exact) mass is 246 g/mol. The number of fused-ring (bicyclic) bond motifs is 1. The highest BCUT2D eigenvalue weighted by Gasteiger charge is 2.14. The van der Waals surface area contributed by atoms with Gasteiger partial charge in [-0.25, -0.2) is 4.39 Å². The SMILES string of the molecule is CC(C)(C)c1ccc2cccc(OCCF)c2c1. The van der Waals surface area contributed by atoms with Gasteiger partial charge in [0.05, 0.1) is 0 Å². The molecule has 0 aliphatic carbocycles. The van der Waals surface area contributed by atoms with E-state index in [-0.39, 0.29) is 12.0 Å². The van der Waals surface area contributed by atoms with Crippen molar-refractivity contribution < 1.29 is 9.13 Å². The van der Waals surface area contributed by atoms with Gasteiger partial charge in [-0.05, 0) is 28.5 Å². The van der Waals surface area contributed by atoms with E-state index in [2.05, 4.69) is 39.0 Å². The smallest absolute Gasteiger partial charge is 0.127 e. The number of alkyl halides is 1. The molecular weight excluding hydrogens is 227 g/mol. The standard InChI is InChI=1S/C16H19FO/c1-16(2,3)13-8-7-12-5-4-6-15(14(12)11-13)18-10-9-17/h4-8,11H,9-10H2,1-3H3. The molecule has 0 radical (unpaired) electrons. The van der Waals surface area contributed by atoms with E-state index in [0.717, 1.165) is 16.5 Å². The molecule has 0 N–H and O–H groups in total. The van der Waals surface area contributed by atoms with Gasteiger partial charge in [0.1, 0.15) is 19.0 Å². The summed E-state index contributed by atoms with van der Waals surface area (Å²) in [6, 6.07) is 12.3. The van der Waals surface area contributed by atoms with Gasteiger partial charge in [-0.3, -0.25) is 0 Å². The summed E-state index contributed by atoms with van der Waals surface area (Å²) >= 11 is 0. The van der Waals surface area contributed by atoms with E-state index in [1.165, 1.54) is 5.56 Å². The Hall–Kier alpha value is -1.57. The molecule has 0 amide bonds. The predicted molar refractivity (Wildman–Crippen MR) is 74.1 cm³/mol. The highest BCUT2D eigenvalue weighted by atomic mass is 19.1. The van der Waals surface area contributed by atoms with Crippen LogP contribution in [0.5, 0.6) is 5.75 Å². The van der Waals surface area contributed by atoms with Gasteiger partial charge in [0.2, 0.25) is 0 Å². The van der Waals surface area contributed by atoms with Crippen molar-refractivity contribution in [3.8, 4) is 5.75 Å². The van der Waals surface area contributed by atoms with Crippen molar-refractivity contribution in [2.75, 3.05) is 13.3 Å². The molecule has 2 aromatic carbocycles. The lowest BCUT2D eigenvalue weighted by atomic mass is 9.86. The molecule has 1 nitrogen and oxygen atoms in total. The van der Waals surface area contributed by atoms with E-state index < -0.39 is 6.67 Å². The molecule has 2 aromatic rings. The average molecular weight is 246 g/mol. The Kier molecular flexibility index (Phi) is 3.55. The summed E-state index contributed by atoms with van der Waals surface area (Å²) in [6.07, 6.45) is 0. The lowest BCUT2D eigenvalue weighted by Crippen LogP contribution is -2.10. The first-order valence-electron chi connectivity index (χ1n) is 6.24. The number of hydrogen-bond donors (Lipinski definition) is 0. The number of benzene rings is 2. The minimum atomic E-state index is -0.463. The number of ether oxygens (including phenoxy) is 1. The molecule has 0 unspecified atom stereocenters. The molecule has 96 valence electrons. The molecular formula is C16H19FO. The van der Waals surface area contributed by atoms with Crippen LogP contribution in [-0.4, -0.2) is 13.3 Å². The number of halogens is 1. The van der Waals surface area contributed by atoms with Crippen molar-refractivity contribution in [1.82, 2.24) is 0 Å². The molecule has 0 bridgehead atoms. The quantitative estimate of drug-likeness (QED) is 0.775. The van der Waals surface area contributed by atoms with E-state index in [1.54, 1.807) is 0 Å². The molecule has 0 saturated heterocycles. The lowest BCUT2D eigenvalue weighted by Gasteiger charge is -2.20. The molecule has 0 aromatic heterocycles. The van der Waals surface area contributed by atoms with Crippen LogP contribution >= 0.6 is 0 Å². The largest absolute Gasteiger partial charge is 0.490 e. The molecule has 0 saturated carbocycles. The predicted octanol–water partition coefficient (Wildman–Crippen LogP) is 4.49. The van der Waals surface area contributed by atoms with Crippen molar-refractivity contribution >= 4 is 10.8 Å². The fraction of sp³-hybridized carbons (Fsp3) is 0.375. The number of rotatable bonds is 3. The zero-order valence-electron chi connectivity index (χ0n) is 11.2. The second-order valence-electron chi connectivity index (χ2n) is 5.48. The molecule has 18 heavy (non-hydrogen) atoms. The third-order valence-corrected chi connectivity index (χ3v) is 3.04. The normalized spacial score (nSPS) is 11.8. The van der Waals surface area contributed by atoms with Gasteiger partial charge in [0, 0.05) is 5.39 Å². The van der Waals surface area contributed by atoms with E-state index in [9.17, 15) is 4.39 Å². The van der Waals surface area contributed by atoms with Crippen LogP contribution in [0.4, 0.5) is 4.39 Å². The lowest BCUT2D eigenvalue weighted by molar-refractivity contribution is 0.276. The van der Waals surface area contributed by atoms with Gasteiger partial charge in [-0.2, -0.15) is 0 Å². The number of hydrogen-bond acceptors (Lipinski definition) is 1. The first-order valence-corrected chi connectivity index (χ1v) is 6.24. The summed E-state index contributed by atoms with van der Waals surface area (Å²) in [5.74, 6) is 0.760. The Morgan fingerprint density at radius 1 is 1.11 bits per heavy atom.